The van der Waals surface area contributed by atoms with Gasteiger partial charge in [0.2, 0.25) is 0 Å². The van der Waals surface area contributed by atoms with Crippen LogP contribution in [0.1, 0.15) is 57.2 Å². The lowest BCUT2D eigenvalue weighted by atomic mass is 9.80. The number of aldehydes is 1. The Hall–Kier alpha value is -3.13. The summed E-state index contributed by atoms with van der Waals surface area (Å²) in [5, 5.41) is 3.69. The second-order valence-corrected chi connectivity index (χ2v) is 9.41. The van der Waals surface area contributed by atoms with E-state index in [4.69, 9.17) is 0 Å². The zero-order valence-electron chi connectivity index (χ0n) is 17.7. The van der Waals surface area contributed by atoms with Crippen molar-refractivity contribution in [3.63, 3.8) is 0 Å². The fourth-order valence-corrected chi connectivity index (χ4v) is 5.19. The standard InChI is InChI=1S/C24H23FN4O2S/c1-15-2-7-19(11-20(15)25)24(22-26-14-27-32-22)8-9-29(13-24)23(31)28-21-10-17(16-3-4-16)5-6-18(21)12-30/h2,5-7,10-12,14,16H,3-4,8-9,13H2,1H3,(H,28,31)/t24-/m0/s1. The van der Waals surface area contributed by atoms with Gasteiger partial charge in [-0.3, -0.25) is 4.79 Å². The SMILES string of the molecule is Cc1ccc([C@]2(c3ncns3)CCN(C(=O)Nc3cc(C4CC4)ccc3C=O)C2)cc1F. The Morgan fingerprint density at radius 3 is 2.81 bits per heavy atom. The number of carbonyl (C=O) groups is 2. The number of urea groups is 1. The fourth-order valence-electron chi connectivity index (χ4n) is 4.44. The van der Waals surface area contributed by atoms with Gasteiger partial charge in [-0.2, -0.15) is 4.37 Å². The van der Waals surface area contributed by atoms with Crippen molar-refractivity contribution in [1.82, 2.24) is 14.3 Å². The van der Waals surface area contributed by atoms with Crippen LogP contribution in [0.3, 0.4) is 0 Å². The summed E-state index contributed by atoms with van der Waals surface area (Å²) in [6.45, 7) is 2.57. The first-order valence-corrected chi connectivity index (χ1v) is 11.5. The van der Waals surface area contributed by atoms with E-state index in [0.717, 1.165) is 35.3 Å². The average Bonchev–Trinajstić information content (AvgIpc) is 3.30. The van der Waals surface area contributed by atoms with E-state index in [0.29, 0.717) is 42.2 Å². The number of nitrogens with one attached hydrogen (secondary N) is 1. The second kappa shape index (κ2) is 8.09. The molecule has 3 aromatic rings. The highest BCUT2D eigenvalue weighted by Crippen LogP contribution is 2.43. The van der Waals surface area contributed by atoms with E-state index in [2.05, 4.69) is 14.7 Å². The second-order valence-electron chi connectivity index (χ2n) is 8.63. The van der Waals surface area contributed by atoms with E-state index >= 15 is 0 Å². The largest absolute Gasteiger partial charge is 0.323 e. The molecule has 0 radical (unpaired) electrons. The highest BCUT2D eigenvalue weighted by molar-refractivity contribution is 7.05. The van der Waals surface area contributed by atoms with Crippen LogP contribution < -0.4 is 5.32 Å². The van der Waals surface area contributed by atoms with Gasteiger partial charge in [0.15, 0.2) is 6.29 Å². The monoisotopic (exact) mass is 450 g/mol. The lowest BCUT2D eigenvalue weighted by Crippen LogP contribution is -2.37. The van der Waals surface area contributed by atoms with E-state index in [1.165, 1.54) is 17.9 Å². The zero-order valence-corrected chi connectivity index (χ0v) is 18.5. The van der Waals surface area contributed by atoms with E-state index < -0.39 is 5.41 Å². The van der Waals surface area contributed by atoms with E-state index in [1.807, 2.05) is 18.2 Å². The number of amides is 2. The van der Waals surface area contributed by atoms with Crippen molar-refractivity contribution < 1.29 is 14.0 Å². The first-order chi connectivity index (χ1) is 15.5. The Bertz CT molecular complexity index is 1180. The first-order valence-electron chi connectivity index (χ1n) is 10.7. The molecule has 1 N–H and O–H groups in total. The summed E-state index contributed by atoms with van der Waals surface area (Å²) in [6, 6.07) is 10.6. The van der Waals surface area contributed by atoms with Crippen LogP contribution in [0.5, 0.6) is 0 Å². The zero-order chi connectivity index (χ0) is 22.3. The number of aromatic nitrogens is 2. The molecule has 0 spiro atoms. The van der Waals surface area contributed by atoms with E-state index in [9.17, 15) is 14.0 Å². The smallest absolute Gasteiger partial charge is 0.321 e. The molecule has 1 aromatic heterocycles. The predicted molar refractivity (Wildman–Crippen MR) is 121 cm³/mol. The number of benzene rings is 2. The van der Waals surface area contributed by atoms with Gasteiger partial charge >= 0.3 is 6.03 Å². The molecular weight excluding hydrogens is 427 g/mol. The number of anilines is 1. The maximum Gasteiger partial charge on any atom is 0.321 e. The van der Waals surface area contributed by atoms with Gasteiger partial charge in [-0.05, 0) is 78.5 Å². The Kier molecular flexibility index (Phi) is 5.25. The summed E-state index contributed by atoms with van der Waals surface area (Å²) in [5.41, 5.74) is 2.88. The normalized spacial score (nSPS) is 20.4. The van der Waals surface area contributed by atoms with Crippen LogP contribution in [0.15, 0.2) is 42.7 Å². The van der Waals surface area contributed by atoms with Crippen molar-refractivity contribution in [2.24, 2.45) is 0 Å². The van der Waals surface area contributed by atoms with E-state index in [-0.39, 0.29) is 11.8 Å². The Labute approximate surface area is 189 Å². The maximum atomic E-state index is 14.4. The molecule has 2 amide bonds. The molecule has 1 saturated carbocycles. The Morgan fingerprint density at radius 2 is 2.12 bits per heavy atom. The molecule has 6 nitrogen and oxygen atoms in total. The minimum atomic E-state index is -0.615. The number of likely N-dealkylation sites (tertiary alicyclic amines) is 1. The van der Waals surface area contributed by atoms with Crippen molar-refractivity contribution in [1.29, 1.82) is 0 Å². The van der Waals surface area contributed by atoms with Gasteiger partial charge in [-0.1, -0.05) is 18.2 Å². The fraction of sp³-hybridized carbons (Fsp3) is 0.333. The number of halogens is 1. The van der Waals surface area contributed by atoms with Crippen LogP contribution in [-0.2, 0) is 5.41 Å². The van der Waals surface area contributed by atoms with Crippen molar-refractivity contribution in [2.75, 3.05) is 18.4 Å². The van der Waals surface area contributed by atoms with Crippen LogP contribution in [0.25, 0.3) is 0 Å². The maximum absolute atomic E-state index is 14.4. The van der Waals surface area contributed by atoms with Gasteiger partial charge in [-0.15, -0.1) is 0 Å². The molecule has 5 rings (SSSR count). The molecule has 0 unspecified atom stereocenters. The van der Waals surface area contributed by atoms with Gasteiger partial charge in [0.25, 0.3) is 0 Å². The van der Waals surface area contributed by atoms with Crippen LogP contribution in [-0.4, -0.2) is 39.7 Å². The van der Waals surface area contributed by atoms with Gasteiger partial charge in [0, 0.05) is 18.7 Å². The molecule has 164 valence electrons. The van der Waals surface area contributed by atoms with Crippen molar-refractivity contribution in [2.45, 2.75) is 37.5 Å². The molecular formula is C24H23FN4O2S. The number of hydrogen-bond acceptors (Lipinski definition) is 5. The number of aryl methyl sites for hydroxylation is 1. The third-order valence-electron chi connectivity index (χ3n) is 6.55. The summed E-state index contributed by atoms with van der Waals surface area (Å²) in [4.78, 5) is 30.8. The summed E-state index contributed by atoms with van der Waals surface area (Å²) >= 11 is 1.27. The molecule has 1 atom stereocenters. The minimum absolute atomic E-state index is 0.276. The molecule has 2 aromatic carbocycles. The number of nitrogens with zero attached hydrogens (tertiary/aromatic N) is 3. The minimum Gasteiger partial charge on any atom is -0.323 e. The number of carbonyl (C=O) groups excluding carboxylic acids is 2. The topological polar surface area (TPSA) is 75.2 Å². The molecule has 1 aliphatic heterocycles. The molecule has 2 aliphatic rings. The molecule has 32 heavy (non-hydrogen) atoms. The van der Waals surface area contributed by atoms with Crippen LogP contribution in [0, 0.1) is 12.7 Å². The number of hydrogen-bond donors (Lipinski definition) is 1. The average molecular weight is 451 g/mol. The number of rotatable bonds is 5. The molecule has 1 saturated heterocycles. The predicted octanol–water partition coefficient (Wildman–Crippen LogP) is 4.90. The highest BCUT2D eigenvalue weighted by Gasteiger charge is 2.45. The molecule has 8 heteroatoms. The van der Waals surface area contributed by atoms with Gasteiger partial charge in [0.05, 0.1) is 11.1 Å². The van der Waals surface area contributed by atoms with Crippen molar-refractivity contribution in [3.05, 3.63) is 75.8 Å². The molecule has 2 fully saturated rings. The summed E-state index contributed by atoms with van der Waals surface area (Å²) < 4.78 is 18.6. The molecule has 2 heterocycles. The summed E-state index contributed by atoms with van der Waals surface area (Å²) in [5.74, 6) is 0.237. The quantitative estimate of drug-likeness (QED) is 0.561. The van der Waals surface area contributed by atoms with Crippen LogP contribution in [0.4, 0.5) is 14.9 Å². The summed E-state index contributed by atoms with van der Waals surface area (Å²) in [6.07, 6.45) is 5.14. The van der Waals surface area contributed by atoms with Crippen LogP contribution >= 0.6 is 11.5 Å². The molecule has 0 bridgehead atoms. The Morgan fingerprint density at radius 1 is 1.28 bits per heavy atom. The van der Waals surface area contributed by atoms with E-state index in [1.54, 1.807) is 30.0 Å². The van der Waals surface area contributed by atoms with Gasteiger partial charge in [0.1, 0.15) is 17.2 Å². The third kappa shape index (κ3) is 3.68. The van der Waals surface area contributed by atoms with Crippen molar-refractivity contribution >= 4 is 29.5 Å². The van der Waals surface area contributed by atoms with Gasteiger partial charge in [-0.25, -0.2) is 14.2 Å². The molecule has 1 aliphatic carbocycles. The highest BCUT2D eigenvalue weighted by atomic mass is 32.1. The van der Waals surface area contributed by atoms with Crippen molar-refractivity contribution in [3.8, 4) is 0 Å². The van der Waals surface area contributed by atoms with Crippen LogP contribution in [0.2, 0.25) is 0 Å². The Balaban J connectivity index is 1.42. The first kappa shape index (κ1) is 20.8. The van der Waals surface area contributed by atoms with Gasteiger partial charge < -0.3 is 10.2 Å². The lowest BCUT2D eigenvalue weighted by molar-refractivity contribution is 0.112. The third-order valence-corrected chi connectivity index (χ3v) is 7.42. The summed E-state index contributed by atoms with van der Waals surface area (Å²) in [7, 11) is 0. The lowest BCUT2D eigenvalue weighted by Gasteiger charge is -2.28.